The second-order valence-electron chi connectivity index (χ2n) is 7.15. The summed E-state index contributed by atoms with van der Waals surface area (Å²) in [5.41, 5.74) is 4.88. The highest BCUT2D eigenvalue weighted by molar-refractivity contribution is 5.99. The fourth-order valence-electron chi connectivity index (χ4n) is 3.51. The normalized spacial score (nSPS) is 18.6. The molecule has 2 aromatic carbocycles. The van der Waals surface area contributed by atoms with Crippen molar-refractivity contribution in [3.05, 3.63) is 47.5 Å². The average molecular weight is 365 g/mol. The Balaban J connectivity index is 1.41. The Hall–Kier alpha value is -3.02. The lowest BCUT2D eigenvalue weighted by Crippen LogP contribution is -2.34. The molecule has 0 unspecified atom stereocenters. The number of amides is 2. The van der Waals surface area contributed by atoms with Gasteiger partial charge in [-0.3, -0.25) is 9.59 Å². The molecule has 4 rings (SSSR count). The van der Waals surface area contributed by atoms with Crippen LogP contribution in [0.3, 0.4) is 0 Å². The number of nitrogens with one attached hydrogen (secondary N) is 3. The van der Waals surface area contributed by atoms with Gasteiger partial charge in [-0.25, -0.2) is 0 Å². The first-order chi connectivity index (χ1) is 13.0. The topological polar surface area (TPSA) is 79.5 Å². The van der Waals surface area contributed by atoms with Gasteiger partial charge in [0.1, 0.15) is 11.8 Å². The molecule has 0 bridgehead atoms. The van der Waals surface area contributed by atoms with E-state index in [1.165, 1.54) is 17.5 Å². The van der Waals surface area contributed by atoms with Crippen LogP contribution >= 0.6 is 0 Å². The summed E-state index contributed by atoms with van der Waals surface area (Å²) in [5, 5.41) is 8.95. The molecule has 0 radical (unpaired) electrons. The minimum absolute atomic E-state index is 0.112. The molecular weight excluding hydrogens is 342 g/mol. The number of hydrogen-bond acceptors (Lipinski definition) is 4. The number of hydrogen-bond donors (Lipinski definition) is 3. The van der Waals surface area contributed by atoms with E-state index >= 15 is 0 Å². The largest absolute Gasteiger partial charge is 0.479 e. The molecule has 0 fully saturated rings. The van der Waals surface area contributed by atoms with E-state index in [4.69, 9.17) is 4.74 Å². The number of aryl methyl sites for hydroxylation is 2. The quantitative estimate of drug-likeness (QED) is 0.776. The minimum atomic E-state index is -0.506. The fraction of sp³-hybridized carbons (Fsp3) is 0.333. The summed E-state index contributed by atoms with van der Waals surface area (Å²) in [6.07, 6.45) is 2.88. The monoisotopic (exact) mass is 365 g/mol. The Labute approximate surface area is 158 Å². The van der Waals surface area contributed by atoms with Crippen LogP contribution in [0.2, 0.25) is 0 Å². The molecule has 2 aliphatic rings. The van der Waals surface area contributed by atoms with E-state index in [2.05, 4.69) is 28.1 Å². The third kappa shape index (κ3) is 3.60. The van der Waals surface area contributed by atoms with Crippen LogP contribution in [0.25, 0.3) is 0 Å². The molecule has 0 saturated heterocycles. The fourth-order valence-corrected chi connectivity index (χ4v) is 3.51. The highest BCUT2D eigenvalue weighted by Gasteiger charge is 2.24. The molecule has 1 aliphatic heterocycles. The number of ether oxygens (including phenoxy) is 1. The van der Waals surface area contributed by atoms with Crippen molar-refractivity contribution in [3.8, 4) is 5.75 Å². The van der Waals surface area contributed by atoms with Crippen LogP contribution in [0.5, 0.6) is 5.75 Å². The van der Waals surface area contributed by atoms with Crippen LogP contribution in [-0.2, 0) is 22.4 Å². The maximum atomic E-state index is 12.5. The first-order valence-corrected chi connectivity index (χ1v) is 9.30. The molecule has 0 spiro atoms. The molecule has 2 amide bonds. The summed E-state index contributed by atoms with van der Waals surface area (Å²) in [6, 6.07) is 11.1. The molecule has 2 aromatic rings. The molecule has 0 saturated carbocycles. The van der Waals surface area contributed by atoms with E-state index in [9.17, 15) is 9.59 Å². The number of anilines is 3. The summed E-state index contributed by atoms with van der Waals surface area (Å²) in [5.74, 6) is 0.338. The molecule has 3 N–H and O–H groups in total. The maximum Gasteiger partial charge on any atom is 0.265 e. The lowest BCUT2D eigenvalue weighted by molar-refractivity contribution is -0.122. The molecule has 27 heavy (non-hydrogen) atoms. The summed E-state index contributed by atoms with van der Waals surface area (Å²) in [6.45, 7) is 3.51. The SMILES string of the molecule is C[C@H](Nc1ccc2c(c1)NC(=O)[C@@H](C)O2)C(=O)Nc1ccc2c(c1)CCC2. The highest BCUT2D eigenvalue weighted by Crippen LogP contribution is 2.32. The van der Waals surface area contributed by atoms with Crippen molar-refractivity contribution in [2.75, 3.05) is 16.0 Å². The number of fused-ring (bicyclic) bond motifs is 2. The summed E-state index contributed by atoms with van der Waals surface area (Å²) < 4.78 is 5.55. The summed E-state index contributed by atoms with van der Waals surface area (Å²) >= 11 is 0. The summed E-state index contributed by atoms with van der Waals surface area (Å²) in [4.78, 5) is 24.3. The van der Waals surface area contributed by atoms with Crippen molar-refractivity contribution in [1.82, 2.24) is 0 Å². The number of rotatable bonds is 4. The van der Waals surface area contributed by atoms with Crippen molar-refractivity contribution >= 4 is 28.9 Å². The van der Waals surface area contributed by atoms with Gasteiger partial charge < -0.3 is 20.7 Å². The average Bonchev–Trinajstić information content (AvgIpc) is 3.10. The predicted molar refractivity (Wildman–Crippen MR) is 105 cm³/mol. The summed E-state index contributed by atoms with van der Waals surface area (Å²) in [7, 11) is 0. The van der Waals surface area contributed by atoms with Gasteiger partial charge in [-0.1, -0.05) is 6.07 Å². The van der Waals surface area contributed by atoms with Crippen molar-refractivity contribution in [2.45, 2.75) is 45.3 Å². The lowest BCUT2D eigenvalue weighted by atomic mass is 10.1. The van der Waals surface area contributed by atoms with Crippen LogP contribution in [0.4, 0.5) is 17.1 Å². The van der Waals surface area contributed by atoms with Gasteiger partial charge in [-0.15, -0.1) is 0 Å². The Morgan fingerprint density at radius 3 is 2.78 bits per heavy atom. The van der Waals surface area contributed by atoms with Crippen LogP contribution in [-0.4, -0.2) is 24.0 Å². The van der Waals surface area contributed by atoms with Gasteiger partial charge in [0.05, 0.1) is 5.69 Å². The maximum absolute atomic E-state index is 12.5. The van der Waals surface area contributed by atoms with Crippen molar-refractivity contribution in [2.24, 2.45) is 0 Å². The third-order valence-electron chi connectivity index (χ3n) is 5.05. The first kappa shape index (κ1) is 17.4. The molecule has 2 atom stereocenters. The van der Waals surface area contributed by atoms with Gasteiger partial charge >= 0.3 is 0 Å². The minimum Gasteiger partial charge on any atom is -0.479 e. The van der Waals surface area contributed by atoms with E-state index in [0.29, 0.717) is 11.4 Å². The number of carbonyl (C=O) groups is 2. The third-order valence-corrected chi connectivity index (χ3v) is 5.05. The van der Waals surface area contributed by atoms with Crippen LogP contribution < -0.4 is 20.7 Å². The lowest BCUT2D eigenvalue weighted by Gasteiger charge is -2.24. The van der Waals surface area contributed by atoms with Gasteiger partial charge in [0.15, 0.2) is 6.10 Å². The highest BCUT2D eigenvalue weighted by atomic mass is 16.5. The zero-order valence-corrected chi connectivity index (χ0v) is 15.5. The Morgan fingerprint density at radius 1 is 1.15 bits per heavy atom. The molecule has 140 valence electrons. The molecule has 0 aromatic heterocycles. The van der Waals surface area contributed by atoms with Gasteiger partial charge in [0, 0.05) is 11.4 Å². The Morgan fingerprint density at radius 2 is 1.93 bits per heavy atom. The van der Waals surface area contributed by atoms with Gasteiger partial charge in [-0.2, -0.15) is 0 Å². The van der Waals surface area contributed by atoms with E-state index in [1.54, 1.807) is 26.0 Å². The number of carbonyl (C=O) groups excluding carboxylic acids is 2. The standard InChI is InChI=1S/C21H23N3O3/c1-12(20(25)23-16-7-6-14-4-3-5-15(14)10-16)22-17-8-9-19-18(11-17)24-21(26)13(2)27-19/h6-13,22H,3-5H2,1-2H3,(H,23,25)(H,24,26)/t12-,13+/m0/s1. The van der Waals surface area contributed by atoms with E-state index in [1.807, 2.05) is 12.1 Å². The van der Waals surface area contributed by atoms with Gasteiger partial charge in [-0.05, 0) is 74.6 Å². The van der Waals surface area contributed by atoms with Crippen LogP contribution in [0.1, 0.15) is 31.4 Å². The molecule has 1 aliphatic carbocycles. The number of benzene rings is 2. The smallest absolute Gasteiger partial charge is 0.265 e. The second kappa shape index (κ2) is 6.95. The Bertz CT molecular complexity index is 910. The van der Waals surface area contributed by atoms with Gasteiger partial charge in [0.2, 0.25) is 5.91 Å². The van der Waals surface area contributed by atoms with Crippen molar-refractivity contribution < 1.29 is 14.3 Å². The zero-order chi connectivity index (χ0) is 19.0. The Kier molecular flexibility index (Phi) is 4.48. The van der Waals surface area contributed by atoms with Gasteiger partial charge in [0.25, 0.3) is 5.91 Å². The van der Waals surface area contributed by atoms with Crippen LogP contribution in [0, 0.1) is 0 Å². The van der Waals surface area contributed by atoms with Crippen molar-refractivity contribution in [1.29, 1.82) is 0 Å². The molecular formula is C21H23N3O3. The first-order valence-electron chi connectivity index (χ1n) is 9.30. The van der Waals surface area contributed by atoms with Crippen molar-refractivity contribution in [3.63, 3.8) is 0 Å². The predicted octanol–water partition coefficient (Wildman–Crippen LogP) is 3.33. The molecule has 6 heteroatoms. The van der Waals surface area contributed by atoms with E-state index < -0.39 is 12.1 Å². The second-order valence-corrected chi connectivity index (χ2v) is 7.15. The molecule has 6 nitrogen and oxygen atoms in total. The molecule has 1 heterocycles. The van der Waals surface area contributed by atoms with E-state index in [-0.39, 0.29) is 11.8 Å². The van der Waals surface area contributed by atoms with E-state index in [0.717, 1.165) is 24.2 Å². The zero-order valence-electron chi connectivity index (χ0n) is 15.5. The van der Waals surface area contributed by atoms with Crippen LogP contribution in [0.15, 0.2) is 36.4 Å².